The van der Waals surface area contributed by atoms with E-state index in [0.29, 0.717) is 5.25 Å². The first-order chi connectivity index (χ1) is 6.36. The maximum atomic E-state index is 9.81. The Hall–Kier alpha value is 0.310. The smallest absolute Gasteiger partial charge is 0.0658 e. The SMILES string of the molecule is OC1CCCCC1SC1CCCC1. The maximum absolute atomic E-state index is 9.81. The van der Waals surface area contributed by atoms with Crippen molar-refractivity contribution in [3.05, 3.63) is 0 Å². The van der Waals surface area contributed by atoms with E-state index >= 15 is 0 Å². The molecule has 2 saturated carbocycles. The van der Waals surface area contributed by atoms with Crippen molar-refractivity contribution in [1.29, 1.82) is 0 Å². The molecule has 2 aliphatic carbocycles. The van der Waals surface area contributed by atoms with Gasteiger partial charge in [0.2, 0.25) is 0 Å². The van der Waals surface area contributed by atoms with Crippen molar-refractivity contribution >= 4 is 11.8 Å². The van der Waals surface area contributed by atoms with E-state index in [2.05, 4.69) is 11.8 Å². The van der Waals surface area contributed by atoms with Crippen LogP contribution in [0.3, 0.4) is 0 Å². The quantitative estimate of drug-likeness (QED) is 0.739. The molecule has 1 nitrogen and oxygen atoms in total. The largest absolute Gasteiger partial charge is 0.392 e. The van der Waals surface area contributed by atoms with Gasteiger partial charge in [0, 0.05) is 10.5 Å². The fraction of sp³-hybridized carbons (Fsp3) is 1.00. The molecule has 0 heterocycles. The monoisotopic (exact) mass is 200 g/mol. The van der Waals surface area contributed by atoms with Crippen LogP contribution < -0.4 is 0 Å². The minimum Gasteiger partial charge on any atom is -0.392 e. The number of aliphatic hydroxyl groups is 1. The van der Waals surface area contributed by atoms with E-state index in [0.717, 1.165) is 11.7 Å². The van der Waals surface area contributed by atoms with E-state index in [1.54, 1.807) is 0 Å². The van der Waals surface area contributed by atoms with Crippen LogP contribution in [-0.2, 0) is 0 Å². The zero-order valence-corrected chi connectivity index (χ0v) is 9.06. The van der Waals surface area contributed by atoms with E-state index in [9.17, 15) is 5.11 Å². The topological polar surface area (TPSA) is 20.2 Å². The lowest BCUT2D eigenvalue weighted by Gasteiger charge is -2.29. The standard InChI is InChI=1S/C11H20OS/c12-10-7-3-4-8-11(10)13-9-5-1-2-6-9/h9-12H,1-8H2. The Bertz CT molecular complexity index is 154. The predicted molar refractivity (Wildman–Crippen MR) is 58.1 cm³/mol. The van der Waals surface area contributed by atoms with Crippen molar-refractivity contribution in [3.63, 3.8) is 0 Å². The van der Waals surface area contributed by atoms with E-state index in [1.807, 2.05) is 0 Å². The van der Waals surface area contributed by atoms with Crippen LogP contribution in [0.1, 0.15) is 51.4 Å². The summed E-state index contributed by atoms with van der Waals surface area (Å²) in [5, 5.41) is 11.2. The Kier molecular flexibility index (Phi) is 3.56. The maximum Gasteiger partial charge on any atom is 0.0658 e. The number of hydrogen-bond acceptors (Lipinski definition) is 2. The summed E-state index contributed by atoms with van der Waals surface area (Å²) in [6.07, 6.45) is 10.5. The highest BCUT2D eigenvalue weighted by molar-refractivity contribution is 8.00. The van der Waals surface area contributed by atoms with Crippen LogP contribution >= 0.6 is 11.8 Å². The summed E-state index contributed by atoms with van der Waals surface area (Å²) < 4.78 is 0. The van der Waals surface area contributed by atoms with E-state index in [-0.39, 0.29) is 6.10 Å². The summed E-state index contributed by atoms with van der Waals surface area (Å²) in [6, 6.07) is 0. The highest BCUT2D eigenvalue weighted by atomic mass is 32.2. The fourth-order valence-electron chi connectivity index (χ4n) is 2.51. The molecule has 0 spiro atoms. The summed E-state index contributed by atoms with van der Waals surface area (Å²) >= 11 is 2.09. The summed E-state index contributed by atoms with van der Waals surface area (Å²) in [4.78, 5) is 0. The van der Waals surface area contributed by atoms with Crippen LogP contribution in [0.2, 0.25) is 0 Å². The molecule has 1 N–H and O–H groups in total. The number of hydrogen-bond donors (Lipinski definition) is 1. The molecule has 0 aromatic rings. The van der Waals surface area contributed by atoms with Gasteiger partial charge in [-0.25, -0.2) is 0 Å². The molecule has 2 fully saturated rings. The predicted octanol–water partition coefficient (Wildman–Crippen LogP) is 2.97. The highest BCUT2D eigenvalue weighted by Crippen LogP contribution is 2.37. The van der Waals surface area contributed by atoms with E-state index in [4.69, 9.17) is 0 Å². The number of aliphatic hydroxyl groups excluding tert-OH is 1. The Morgan fingerprint density at radius 2 is 1.46 bits per heavy atom. The van der Waals surface area contributed by atoms with E-state index in [1.165, 1.54) is 44.9 Å². The van der Waals surface area contributed by atoms with Gasteiger partial charge >= 0.3 is 0 Å². The molecule has 2 aliphatic rings. The van der Waals surface area contributed by atoms with Gasteiger partial charge < -0.3 is 5.11 Å². The van der Waals surface area contributed by atoms with Gasteiger partial charge in [-0.15, -0.1) is 0 Å². The molecule has 0 aliphatic heterocycles. The van der Waals surface area contributed by atoms with E-state index < -0.39 is 0 Å². The van der Waals surface area contributed by atoms with Gasteiger partial charge in [-0.3, -0.25) is 0 Å². The van der Waals surface area contributed by atoms with Gasteiger partial charge in [-0.1, -0.05) is 25.7 Å². The van der Waals surface area contributed by atoms with Crippen LogP contribution in [-0.4, -0.2) is 21.7 Å². The lowest BCUT2D eigenvalue weighted by atomic mass is 9.97. The molecule has 2 heteroatoms. The molecular formula is C11H20OS. The first-order valence-corrected chi connectivity index (χ1v) is 6.64. The Morgan fingerprint density at radius 1 is 0.846 bits per heavy atom. The molecule has 76 valence electrons. The molecule has 0 aromatic carbocycles. The third kappa shape index (κ3) is 2.63. The third-order valence-corrected chi connectivity index (χ3v) is 5.09. The summed E-state index contributed by atoms with van der Waals surface area (Å²) in [5.74, 6) is 0. The molecule has 0 bridgehead atoms. The van der Waals surface area contributed by atoms with Gasteiger partial charge in [-0.05, 0) is 25.7 Å². The van der Waals surface area contributed by atoms with Gasteiger partial charge in [-0.2, -0.15) is 11.8 Å². The Morgan fingerprint density at radius 3 is 2.15 bits per heavy atom. The van der Waals surface area contributed by atoms with Crippen molar-refractivity contribution in [1.82, 2.24) is 0 Å². The van der Waals surface area contributed by atoms with Gasteiger partial charge in [0.25, 0.3) is 0 Å². The summed E-state index contributed by atoms with van der Waals surface area (Å²) in [7, 11) is 0. The molecule has 2 atom stereocenters. The number of rotatable bonds is 2. The number of thioether (sulfide) groups is 1. The summed E-state index contributed by atoms with van der Waals surface area (Å²) in [6.45, 7) is 0. The van der Waals surface area contributed by atoms with Crippen molar-refractivity contribution < 1.29 is 5.11 Å². The van der Waals surface area contributed by atoms with Crippen LogP contribution in [0.25, 0.3) is 0 Å². The lowest BCUT2D eigenvalue weighted by Crippen LogP contribution is -2.28. The van der Waals surface area contributed by atoms with Crippen molar-refractivity contribution in [3.8, 4) is 0 Å². The second kappa shape index (κ2) is 4.70. The van der Waals surface area contributed by atoms with Gasteiger partial charge in [0.1, 0.15) is 0 Å². The van der Waals surface area contributed by atoms with Crippen molar-refractivity contribution in [2.24, 2.45) is 0 Å². The molecule has 0 saturated heterocycles. The van der Waals surface area contributed by atoms with Crippen molar-refractivity contribution in [2.75, 3.05) is 0 Å². The van der Waals surface area contributed by atoms with Gasteiger partial charge in [0.05, 0.1) is 6.10 Å². The molecule has 2 rings (SSSR count). The van der Waals surface area contributed by atoms with Crippen LogP contribution in [0.5, 0.6) is 0 Å². The zero-order valence-electron chi connectivity index (χ0n) is 8.24. The molecule has 0 radical (unpaired) electrons. The normalized spacial score (nSPS) is 36.7. The first-order valence-electron chi connectivity index (χ1n) is 5.70. The average molecular weight is 200 g/mol. The average Bonchev–Trinajstić information content (AvgIpc) is 2.61. The van der Waals surface area contributed by atoms with Crippen LogP contribution in [0.15, 0.2) is 0 Å². The van der Waals surface area contributed by atoms with Crippen LogP contribution in [0, 0.1) is 0 Å². The summed E-state index contributed by atoms with van der Waals surface area (Å²) in [5.41, 5.74) is 0. The minimum absolute atomic E-state index is 0.000602. The minimum atomic E-state index is -0.000602. The zero-order chi connectivity index (χ0) is 9.10. The van der Waals surface area contributed by atoms with Crippen LogP contribution in [0.4, 0.5) is 0 Å². The second-order valence-corrected chi connectivity index (χ2v) is 5.98. The Labute approximate surface area is 85.3 Å². The highest BCUT2D eigenvalue weighted by Gasteiger charge is 2.27. The molecule has 13 heavy (non-hydrogen) atoms. The van der Waals surface area contributed by atoms with Crippen molar-refractivity contribution in [2.45, 2.75) is 68.0 Å². The second-order valence-electron chi connectivity index (χ2n) is 4.43. The molecule has 2 unspecified atom stereocenters. The molecule has 0 amide bonds. The van der Waals surface area contributed by atoms with Gasteiger partial charge in [0.15, 0.2) is 0 Å². The Balaban J connectivity index is 1.78. The first kappa shape index (κ1) is 9.85. The lowest BCUT2D eigenvalue weighted by molar-refractivity contribution is 0.136. The fourth-order valence-corrected chi connectivity index (χ4v) is 4.23. The molecular weight excluding hydrogens is 180 g/mol. The molecule has 0 aromatic heterocycles. The third-order valence-electron chi connectivity index (χ3n) is 3.34.